The van der Waals surface area contributed by atoms with E-state index in [9.17, 15) is 4.79 Å². The van der Waals surface area contributed by atoms with E-state index in [0.29, 0.717) is 24.3 Å². The first-order valence-electron chi connectivity index (χ1n) is 8.36. The van der Waals surface area contributed by atoms with E-state index >= 15 is 0 Å². The van der Waals surface area contributed by atoms with E-state index in [2.05, 4.69) is 0 Å². The second-order valence-electron chi connectivity index (χ2n) is 7.53. The third kappa shape index (κ3) is 4.09. The Morgan fingerprint density at radius 2 is 2.00 bits per heavy atom. The van der Waals surface area contributed by atoms with E-state index in [1.54, 1.807) is 4.90 Å². The Kier molecular flexibility index (Phi) is 4.13. The predicted octanol–water partition coefficient (Wildman–Crippen LogP) is 3.53. The third-order valence-electron chi connectivity index (χ3n) is 4.17. The molecule has 5 nitrogen and oxygen atoms in total. The van der Waals surface area contributed by atoms with Gasteiger partial charge in [-0.2, -0.15) is 0 Å². The second-order valence-corrected chi connectivity index (χ2v) is 7.53. The van der Waals surface area contributed by atoms with E-state index in [0.717, 1.165) is 31.6 Å². The number of benzene rings is 1. The molecule has 1 aliphatic carbocycles. The van der Waals surface area contributed by atoms with Crippen molar-refractivity contribution in [3.63, 3.8) is 0 Å². The fourth-order valence-electron chi connectivity index (χ4n) is 2.80. The molecule has 0 bridgehead atoms. The summed E-state index contributed by atoms with van der Waals surface area (Å²) in [5.41, 5.74) is 7.41. The molecule has 2 aliphatic rings. The topological polar surface area (TPSA) is 64.8 Å². The van der Waals surface area contributed by atoms with Crippen LogP contribution in [0.5, 0.6) is 5.75 Å². The Morgan fingerprint density at radius 1 is 1.26 bits per heavy atom. The summed E-state index contributed by atoms with van der Waals surface area (Å²) in [5, 5.41) is 0. The van der Waals surface area contributed by atoms with Crippen LogP contribution < -0.4 is 10.5 Å². The smallest absolute Gasteiger partial charge is 0.410 e. The molecule has 1 aliphatic heterocycles. The number of carbonyl (C=O) groups is 1. The fourth-order valence-corrected chi connectivity index (χ4v) is 2.80. The highest BCUT2D eigenvalue weighted by atomic mass is 16.6. The molecule has 23 heavy (non-hydrogen) atoms. The van der Waals surface area contributed by atoms with E-state index in [4.69, 9.17) is 15.2 Å². The standard InChI is InChI=1S/C18H26N2O3/c1-18(2,3)23-17(21)20-9-8-13(11-20)12-4-7-15(19)16(10-12)22-14-5-6-14/h4,7,10,13-14H,5-6,8-9,11,19H2,1-3H3. The van der Waals surface area contributed by atoms with Crippen LogP contribution in [0.15, 0.2) is 18.2 Å². The molecule has 2 N–H and O–H groups in total. The summed E-state index contributed by atoms with van der Waals surface area (Å²) in [7, 11) is 0. The van der Waals surface area contributed by atoms with Gasteiger partial charge in [0.15, 0.2) is 0 Å². The highest BCUT2D eigenvalue weighted by molar-refractivity contribution is 5.68. The molecule has 1 amide bonds. The van der Waals surface area contributed by atoms with Crippen molar-refractivity contribution in [3.05, 3.63) is 23.8 Å². The molecule has 0 radical (unpaired) electrons. The lowest BCUT2D eigenvalue weighted by Crippen LogP contribution is -2.35. The Labute approximate surface area is 137 Å². The number of amides is 1. The molecular weight excluding hydrogens is 292 g/mol. The van der Waals surface area contributed by atoms with Crippen molar-refractivity contribution in [2.24, 2.45) is 0 Å². The van der Waals surface area contributed by atoms with Gasteiger partial charge in [-0.25, -0.2) is 4.79 Å². The number of carbonyl (C=O) groups excluding carboxylic acids is 1. The van der Waals surface area contributed by atoms with Gasteiger partial charge in [0.1, 0.15) is 11.4 Å². The molecule has 1 saturated carbocycles. The Balaban J connectivity index is 1.65. The molecule has 0 spiro atoms. The highest BCUT2D eigenvalue weighted by Gasteiger charge is 2.31. The first-order valence-corrected chi connectivity index (χ1v) is 8.36. The van der Waals surface area contributed by atoms with Gasteiger partial charge in [-0.05, 0) is 57.7 Å². The summed E-state index contributed by atoms with van der Waals surface area (Å²) in [5.74, 6) is 1.09. The van der Waals surface area contributed by atoms with Crippen LogP contribution in [-0.4, -0.2) is 35.8 Å². The lowest BCUT2D eigenvalue weighted by molar-refractivity contribution is 0.0292. The zero-order valence-corrected chi connectivity index (χ0v) is 14.2. The maximum Gasteiger partial charge on any atom is 0.410 e. The number of rotatable bonds is 3. The lowest BCUT2D eigenvalue weighted by atomic mass is 9.98. The number of nitrogens with zero attached hydrogens (tertiary/aromatic N) is 1. The van der Waals surface area contributed by atoms with Gasteiger partial charge in [-0.3, -0.25) is 0 Å². The minimum absolute atomic E-state index is 0.232. The van der Waals surface area contributed by atoms with Gasteiger partial charge in [0, 0.05) is 19.0 Å². The van der Waals surface area contributed by atoms with Crippen molar-refractivity contribution >= 4 is 11.8 Å². The van der Waals surface area contributed by atoms with Crippen LogP contribution in [0.25, 0.3) is 0 Å². The van der Waals surface area contributed by atoms with Crippen molar-refractivity contribution in [2.45, 2.75) is 57.7 Å². The number of nitrogen functional groups attached to an aromatic ring is 1. The van der Waals surface area contributed by atoms with Crippen LogP contribution >= 0.6 is 0 Å². The third-order valence-corrected chi connectivity index (χ3v) is 4.17. The number of nitrogens with two attached hydrogens (primary N) is 1. The lowest BCUT2D eigenvalue weighted by Gasteiger charge is -2.24. The number of anilines is 1. The first-order chi connectivity index (χ1) is 10.8. The summed E-state index contributed by atoms with van der Waals surface area (Å²) in [4.78, 5) is 14.0. The summed E-state index contributed by atoms with van der Waals surface area (Å²) in [6.07, 6.45) is 3.25. The molecular formula is C18H26N2O3. The van der Waals surface area contributed by atoms with Crippen molar-refractivity contribution < 1.29 is 14.3 Å². The zero-order valence-electron chi connectivity index (χ0n) is 14.2. The van der Waals surface area contributed by atoms with Gasteiger partial charge in [-0.15, -0.1) is 0 Å². The van der Waals surface area contributed by atoms with Crippen LogP contribution in [0, 0.1) is 0 Å². The monoisotopic (exact) mass is 318 g/mol. The zero-order chi connectivity index (χ0) is 16.6. The van der Waals surface area contributed by atoms with E-state index in [-0.39, 0.29) is 6.09 Å². The van der Waals surface area contributed by atoms with Crippen LogP contribution in [-0.2, 0) is 4.74 Å². The van der Waals surface area contributed by atoms with E-state index in [1.165, 1.54) is 5.56 Å². The van der Waals surface area contributed by atoms with Gasteiger partial charge in [-0.1, -0.05) is 6.07 Å². The van der Waals surface area contributed by atoms with Gasteiger partial charge in [0.25, 0.3) is 0 Å². The largest absolute Gasteiger partial charge is 0.488 e. The molecule has 1 aromatic carbocycles. The summed E-state index contributed by atoms with van der Waals surface area (Å²) >= 11 is 0. The molecule has 1 saturated heterocycles. The van der Waals surface area contributed by atoms with Crippen molar-refractivity contribution in [1.29, 1.82) is 0 Å². The molecule has 1 atom stereocenters. The summed E-state index contributed by atoms with van der Waals surface area (Å²) in [6.45, 7) is 7.07. The quantitative estimate of drug-likeness (QED) is 0.866. The van der Waals surface area contributed by atoms with Crippen molar-refractivity contribution in [3.8, 4) is 5.75 Å². The minimum Gasteiger partial charge on any atom is -0.488 e. The van der Waals surface area contributed by atoms with Gasteiger partial charge in [0.2, 0.25) is 0 Å². The molecule has 0 aromatic heterocycles. The Morgan fingerprint density at radius 3 is 2.65 bits per heavy atom. The van der Waals surface area contributed by atoms with Gasteiger partial charge in [0.05, 0.1) is 11.8 Å². The Bertz CT molecular complexity index is 590. The number of likely N-dealkylation sites (tertiary alicyclic amines) is 1. The maximum atomic E-state index is 12.2. The van der Waals surface area contributed by atoms with Gasteiger partial charge >= 0.3 is 6.09 Å². The van der Waals surface area contributed by atoms with Crippen LogP contribution in [0.1, 0.15) is 51.5 Å². The molecule has 5 heteroatoms. The number of hydrogen-bond donors (Lipinski definition) is 1. The predicted molar refractivity (Wildman–Crippen MR) is 89.7 cm³/mol. The summed E-state index contributed by atoms with van der Waals surface area (Å²) in [6, 6.07) is 5.98. The SMILES string of the molecule is CC(C)(C)OC(=O)N1CCC(c2ccc(N)c(OC3CC3)c2)C1. The van der Waals surface area contributed by atoms with Crippen LogP contribution in [0.3, 0.4) is 0 Å². The number of ether oxygens (including phenoxy) is 2. The van der Waals surface area contributed by atoms with Gasteiger partial charge < -0.3 is 20.1 Å². The van der Waals surface area contributed by atoms with E-state index in [1.807, 2.05) is 39.0 Å². The molecule has 1 aromatic rings. The average molecular weight is 318 g/mol. The minimum atomic E-state index is -0.457. The fraction of sp³-hybridized carbons (Fsp3) is 0.611. The summed E-state index contributed by atoms with van der Waals surface area (Å²) < 4.78 is 11.3. The second kappa shape index (κ2) is 5.95. The van der Waals surface area contributed by atoms with Crippen LogP contribution in [0.2, 0.25) is 0 Å². The molecule has 2 fully saturated rings. The molecule has 3 rings (SSSR count). The number of hydrogen-bond acceptors (Lipinski definition) is 4. The highest BCUT2D eigenvalue weighted by Crippen LogP contribution is 2.35. The average Bonchev–Trinajstić information content (AvgIpc) is 3.12. The normalized spacial score (nSPS) is 21.3. The first kappa shape index (κ1) is 16.0. The van der Waals surface area contributed by atoms with Crippen molar-refractivity contribution in [1.82, 2.24) is 4.90 Å². The Hall–Kier alpha value is -1.91. The molecule has 126 valence electrons. The van der Waals surface area contributed by atoms with Crippen LogP contribution in [0.4, 0.5) is 10.5 Å². The maximum absolute atomic E-state index is 12.2. The molecule has 1 unspecified atom stereocenters. The van der Waals surface area contributed by atoms with Crippen molar-refractivity contribution in [2.75, 3.05) is 18.8 Å². The van der Waals surface area contributed by atoms with E-state index < -0.39 is 5.60 Å². The molecule has 1 heterocycles.